The zero-order chi connectivity index (χ0) is 32.3. The number of hydrogen-bond acceptors (Lipinski definition) is 3. The summed E-state index contributed by atoms with van der Waals surface area (Å²) in [5, 5.41) is 1.35. The first-order valence-electron chi connectivity index (χ1n) is 16.1. The fraction of sp³-hybridized carbons (Fsp3) is 0.341. The summed E-state index contributed by atoms with van der Waals surface area (Å²) in [7, 11) is -1.02. The summed E-state index contributed by atoms with van der Waals surface area (Å²) < 4.78 is 12.3. The van der Waals surface area contributed by atoms with Gasteiger partial charge < -0.3 is 8.83 Å². The average Bonchev–Trinajstić information content (AvgIpc) is 3.77. The zero-order valence-electron chi connectivity index (χ0n) is 28.4. The maximum absolute atomic E-state index is 13.6. The van der Waals surface area contributed by atoms with E-state index in [2.05, 4.69) is 99.6 Å². The molecule has 0 bridgehead atoms. The van der Waals surface area contributed by atoms with Crippen molar-refractivity contribution in [3.63, 3.8) is 0 Å². The molecule has 5 aromatic rings. The van der Waals surface area contributed by atoms with Crippen LogP contribution in [0.2, 0.25) is 0 Å². The minimum atomic E-state index is -1.02. The van der Waals surface area contributed by atoms with E-state index < -0.39 is 7.92 Å². The molecule has 0 saturated carbocycles. The number of carbonyl (C=O) groups excluding carboxylic acids is 1. The molecule has 1 aliphatic rings. The van der Waals surface area contributed by atoms with Gasteiger partial charge in [-0.15, -0.1) is 0 Å². The lowest BCUT2D eigenvalue weighted by Crippen LogP contribution is -2.26. The summed E-state index contributed by atoms with van der Waals surface area (Å²) in [4.78, 5) is 13.6. The van der Waals surface area contributed by atoms with Crippen molar-refractivity contribution in [2.75, 3.05) is 0 Å². The Morgan fingerprint density at radius 1 is 0.511 bits per heavy atom. The van der Waals surface area contributed by atoms with Gasteiger partial charge in [-0.2, -0.15) is 0 Å². The monoisotopic (exact) mass is 616 g/mol. The van der Waals surface area contributed by atoms with E-state index in [1.54, 1.807) is 12.5 Å². The van der Waals surface area contributed by atoms with E-state index in [4.69, 9.17) is 8.83 Å². The second-order valence-electron chi connectivity index (χ2n) is 13.1. The molecule has 2 atom stereocenters. The van der Waals surface area contributed by atoms with E-state index >= 15 is 0 Å². The van der Waals surface area contributed by atoms with E-state index in [0.717, 1.165) is 11.5 Å². The zero-order valence-corrected chi connectivity index (χ0v) is 29.3. The van der Waals surface area contributed by atoms with Gasteiger partial charge in [0, 0.05) is 24.2 Å². The molecule has 4 heteroatoms. The second kappa shape index (κ2) is 11.9. The number of carbonyl (C=O) groups is 1. The molecule has 232 valence electrons. The van der Waals surface area contributed by atoms with Crippen LogP contribution in [0, 0.1) is 69.2 Å². The molecule has 2 aromatic heterocycles. The third kappa shape index (κ3) is 5.05. The van der Waals surface area contributed by atoms with Gasteiger partial charge >= 0.3 is 0 Å². The molecule has 3 aromatic carbocycles. The smallest absolute Gasteiger partial charge is 0.135 e. The summed E-state index contributed by atoms with van der Waals surface area (Å²) in [5.41, 5.74) is 18.5. The highest BCUT2D eigenvalue weighted by Gasteiger charge is 2.44. The maximum Gasteiger partial charge on any atom is 0.135 e. The summed E-state index contributed by atoms with van der Waals surface area (Å²) in [6, 6.07) is 14.9. The Bertz CT molecular complexity index is 1730. The van der Waals surface area contributed by atoms with Crippen LogP contribution >= 0.6 is 7.92 Å². The van der Waals surface area contributed by atoms with Gasteiger partial charge in [0.15, 0.2) is 0 Å². The Labute approximate surface area is 269 Å². The molecule has 1 saturated heterocycles. The lowest BCUT2D eigenvalue weighted by molar-refractivity contribution is -0.119. The van der Waals surface area contributed by atoms with E-state index in [-0.39, 0.29) is 17.1 Å². The fourth-order valence-corrected chi connectivity index (χ4v) is 11.3. The van der Waals surface area contributed by atoms with E-state index in [9.17, 15) is 4.79 Å². The number of hydrogen-bond donors (Lipinski definition) is 0. The van der Waals surface area contributed by atoms with Crippen LogP contribution in [0.1, 0.15) is 91.3 Å². The third-order valence-corrected chi connectivity index (χ3v) is 14.3. The van der Waals surface area contributed by atoms with Crippen molar-refractivity contribution >= 4 is 19.0 Å². The first kappa shape index (κ1) is 31.3. The van der Waals surface area contributed by atoms with Crippen molar-refractivity contribution in [3.8, 4) is 22.3 Å². The minimum Gasteiger partial charge on any atom is -0.469 e. The number of ketones is 1. The molecule has 1 aliphatic heterocycles. The van der Waals surface area contributed by atoms with Gasteiger partial charge in [-0.25, -0.2) is 0 Å². The van der Waals surface area contributed by atoms with Crippen molar-refractivity contribution < 1.29 is 13.6 Å². The van der Waals surface area contributed by atoms with Crippen LogP contribution in [0.4, 0.5) is 0 Å². The van der Waals surface area contributed by atoms with E-state index in [1.807, 2.05) is 12.1 Å². The number of benzene rings is 3. The Kier molecular flexibility index (Phi) is 8.29. The molecule has 45 heavy (non-hydrogen) atoms. The van der Waals surface area contributed by atoms with E-state index in [1.165, 1.54) is 83.2 Å². The third-order valence-electron chi connectivity index (χ3n) is 11.1. The van der Waals surface area contributed by atoms with Crippen LogP contribution in [0.25, 0.3) is 22.3 Å². The fourth-order valence-electron chi connectivity index (χ4n) is 7.71. The normalized spacial score (nSPS) is 18.5. The first-order valence-corrected chi connectivity index (χ1v) is 17.6. The van der Waals surface area contributed by atoms with Gasteiger partial charge in [-0.3, -0.25) is 4.79 Å². The number of furan rings is 2. The second-order valence-corrected chi connectivity index (χ2v) is 15.6. The average molecular weight is 617 g/mol. The molecule has 0 N–H and O–H groups in total. The molecule has 0 aliphatic carbocycles. The quantitative estimate of drug-likeness (QED) is 0.185. The summed E-state index contributed by atoms with van der Waals surface area (Å²) in [6.45, 7) is 22.6. The summed E-state index contributed by atoms with van der Waals surface area (Å²) in [5.74, 6) is 2.04. The van der Waals surface area contributed by atoms with Crippen molar-refractivity contribution in [1.29, 1.82) is 0 Å². The Morgan fingerprint density at radius 3 is 1.20 bits per heavy atom. The van der Waals surface area contributed by atoms with Gasteiger partial charge in [-0.05, 0) is 177 Å². The molecule has 1 fully saturated rings. The van der Waals surface area contributed by atoms with Crippen LogP contribution in [0.5, 0.6) is 0 Å². The lowest BCUT2D eigenvalue weighted by atomic mass is 9.83. The predicted molar refractivity (Wildman–Crippen MR) is 188 cm³/mol. The van der Waals surface area contributed by atoms with Crippen LogP contribution in [0.15, 0.2) is 63.8 Å². The molecule has 0 spiro atoms. The minimum absolute atomic E-state index is 0.0623. The van der Waals surface area contributed by atoms with Crippen LogP contribution in [-0.4, -0.2) is 5.78 Å². The maximum atomic E-state index is 13.6. The summed E-state index contributed by atoms with van der Waals surface area (Å²) in [6.07, 6.45) is 4.44. The Hall–Kier alpha value is -3.68. The van der Waals surface area contributed by atoms with Crippen LogP contribution in [0.3, 0.4) is 0 Å². The van der Waals surface area contributed by atoms with Gasteiger partial charge in [0.2, 0.25) is 0 Å². The SMILES string of the molecule is Cc1c(C)c(C)c(-c2cccc(-c3c(C)c(C)c(C)c(C)c3C)c2P2C(c3ccco3)CC(=O)CC2c2ccco2)c(C)c1C. The van der Waals surface area contributed by atoms with Crippen molar-refractivity contribution in [3.05, 3.63) is 122 Å². The van der Waals surface area contributed by atoms with Crippen LogP contribution < -0.4 is 5.30 Å². The van der Waals surface area contributed by atoms with Gasteiger partial charge in [0.05, 0.1) is 12.5 Å². The molecule has 6 rings (SSSR count). The highest BCUT2D eigenvalue weighted by Crippen LogP contribution is 2.68. The molecule has 0 amide bonds. The Balaban J connectivity index is 1.79. The van der Waals surface area contributed by atoms with Crippen molar-refractivity contribution in [2.45, 2.75) is 93.4 Å². The molecule has 0 radical (unpaired) electrons. The predicted octanol–water partition coefficient (Wildman–Crippen LogP) is 11.2. The highest BCUT2D eigenvalue weighted by molar-refractivity contribution is 7.67. The van der Waals surface area contributed by atoms with Gasteiger partial charge in [0.1, 0.15) is 17.3 Å². The first-order chi connectivity index (χ1) is 21.4. The largest absolute Gasteiger partial charge is 0.469 e. The molecule has 3 nitrogen and oxygen atoms in total. The molecular formula is C41H45O3P. The van der Waals surface area contributed by atoms with E-state index in [0.29, 0.717) is 12.8 Å². The summed E-state index contributed by atoms with van der Waals surface area (Å²) >= 11 is 0. The molecule has 3 heterocycles. The number of Topliss-reactive ketones (excluding diaryl/α,β-unsaturated/α-hetero) is 1. The van der Waals surface area contributed by atoms with Crippen molar-refractivity contribution in [1.82, 2.24) is 0 Å². The van der Waals surface area contributed by atoms with Gasteiger partial charge in [0.25, 0.3) is 0 Å². The molecule has 2 unspecified atom stereocenters. The highest BCUT2D eigenvalue weighted by atomic mass is 31.1. The van der Waals surface area contributed by atoms with Gasteiger partial charge in [-0.1, -0.05) is 26.1 Å². The molecular weight excluding hydrogens is 571 g/mol. The topological polar surface area (TPSA) is 43.4 Å². The standard InChI is InChI=1S/C41H45O3P/c1-22-24(3)28(7)39(29(8)25(22)4)33-14-11-15-34(40-30(9)26(5)23(2)27(6)31(40)10)41(33)45-37(35-16-12-18-43-35)20-32(42)21-38(45)36-17-13-19-44-36/h11-19,37-38H,20-21H2,1-10H3. The van der Waals surface area contributed by atoms with Crippen molar-refractivity contribution in [2.24, 2.45) is 0 Å². The van der Waals surface area contributed by atoms with Crippen LogP contribution in [-0.2, 0) is 4.79 Å². The Morgan fingerprint density at radius 2 is 0.867 bits per heavy atom. The lowest BCUT2D eigenvalue weighted by Gasteiger charge is -2.39. The number of rotatable bonds is 5.